The van der Waals surface area contributed by atoms with Crippen molar-refractivity contribution in [3.8, 4) is 0 Å². The van der Waals surface area contributed by atoms with E-state index in [0.717, 1.165) is 0 Å². The number of halogens is 1. The van der Waals surface area contributed by atoms with E-state index < -0.39 is 12.3 Å². The van der Waals surface area contributed by atoms with Crippen molar-refractivity contribution in [2.24, 2.45) is 0 Å². The number of nitrogens with one attached hydrogen (secondary N) is 1. The van der Waals surface area contributed by atoms with E-state index in [1.807, 2.05) is 0 Å². The Bertz CT molecular complexity index is 68.8. The molecule has 0 amide bonds. The zero-order valence-corrected chi connectivity index (χ0v) is 4.60. The molecule has 0 unspecified atom stereocenters. The minimum atomic E-state index is -1.00. The van der Waals surface area contributed by atoms with Crippen LogP contribution in [-0.4, -0.2) is 30.5 Å². The Labute approximate surface area is 47.7 Å². The van der Waals surface area contributed by atoms with Crippen LogP contribution in [-0.2, 0) is 0 Å². The third-order valence-electron chi connectivity index (χ3n) is 1.37. The second kappa shape index (κ2) is 2.42. The molecule has 1 saturated heterocycles. The molecule has 0 spiro atoms. The second-order valence-corrected chi connectivity index (χ2v) is 2.08. The minimum absolute atomic E-state index is 0.404. The summed E-state index contributed by atoms with van der Waals surface area (Å²) in [6, 6.07) is 0. The smallest absolute Gasteiger partial charge is 0.128 e. The molecule has 0 saturated carbocycles. The average molecular weight is 119 g/mol. The fourth-order valence-electron chi connectivity index (χ4n) is 0.810. The Hall–Kier alpha value is -0.150. The minimum Gasteiger partial charge on any atom is -0.389 e. The topological polar surface area (TPSA) is 32.3 Å². The maximum absolute atomic E-state index is 12.3. The van der Waals surface area contributed by atoms with Crippen LogP contribution < -0.4 is 5.32 Å². The van der Waals surface area contributed by atoms with Gasteiger partial charge in [-0.15, -0.1) is 0 Å². The van der Waals surface area contributed by atoms with E-state index in [-0.39, 0.29) is 0 Å². The number of β-amino-alcohol motifs (C(OH)–C–C–N with tert-alkyl or cyclic N) is 1. The number of piperidine rings is 1. The van der Waals surface area contributed by atoms with E-state index in [1.165, 1.54) is 0 Å². The molecule has 1 aliphatic heterocycles. The van der Waals surface area contributed by atoms with Crippen molar-refractivity contribution in [3.05, 3.63) is 0 Å². The molecule has 0 aromatic heterocycles. The van der Waals surface area contributed by atoms with Gasteiger partial charge in [-0.3, -0.25) is 0 Å². The van der Waals surface area contributed by atoms with Gasteiger partial charge < -0.3 is 10.4 Å². The number of hydrogen-bond acceptors (Lipinski definition) is 2. The first-order valence-electron chi connectivity index (χ1n) is 2.83. The van der Waals surface area contributed by atoms with E-state index in [1.54, 1.807) is 0 Å². The van der Waals surface area contributed by atoms with Gasteiger partial charge in [0.15, 0.2) is 0 Å². The lowest BCUT2D eigenvalue weighted by Crippen LogP contribution is -2.41. The summed E-state index contributed by atoms with van der Waals surface area (Å²) < 4.78 is 12.3. The van der Waals surface area contributed by atoms with Gasteiger partial charge >= 0.3 is 0 Å². The summed E-state index contributed by atoms with van der Waals surface area (Å²) in [6.45, 7) is 1.10. The second-order valence-electron chi connectivity index (χ2n) is 2.08. The van der Waals surface area contributed by atoms with Crippen molar-refractivity contribution in [1.29, 1.82) is 0 Å². The normalized spacial score (nSPS) is 39.8. The van der Waals surface area contributed by atoms with Gasteiger partial charge in [-0.1, -0.05) is 0 Å². The summed E-state index contributed by atoms with van der Waals surface area (Å²) in [7, 11) is 0. The number of aliphatic hydroxyl groups is 1. The van der Waals surface area contributed by atoms with Gasteiger partial charge in [0.2, 0.25) is 0 Å². The van der Waals surface area contributed by atoms with Crippen LogP contribution in [0.15, 0.2) is 0 Å². The van der Waals surface area contributed by atoms with Crippen LogP contribution in [0.25, 0.3) is 0 Å². The van der Waals surface area contributed by atoms with E-state index >= 15 is 0 Å². The van der Waals surface area contributed by atoms with Gasteiger partial charge in [-0.2, -0.15) is 0 Å². The maximum Gasteiger partial charge on any atom is 0.128 e. The van der Waals surface area contributed by atoms with Crippen molar-refractivity contribution in [1.82, 2.24) is 5.32 Å². The van der Waals surface area contributed by atoms with E-state index in [4.69, 9.17) is 5.11 Å². The molecule has 1 fully saturated rings. The summed E-state index contributed by atoms with van der Waals surface area (Å²) in [5.41, 5.74) is 0. The van der Waals surface area contributed by atoms with Crippen molar-refractivity contribution >= 4 is 0 Å². The molecule has 1 rings (SSSR count). The van der Waals surface area contributed by atoms with Crippen LogP contribution >= 0.6 is 0 Å². The fourth-order valence-corrected chi connectivity index (χ4v) is 0.810. The molecule has 48 valence electrons. The highest BCUT2D eigenvalue weighted by atomic mass is 19.1. The van der Waals surface area contributed by atoms with Crippen LogP contribution in [0, 0.1) is 0 Å². The molecule has 1 heterocycles. The van der Waals surface area contributed by atoms with E-state index in [0.29, 0.717) is 19.5 Å². The number of hydrogen-bond donors (Lipinski definition) is 2. The van der Waals surface area contributed by atoms with Crippen LogP contribution in [0.3, 0.4) is 0 Å². The Morgan fingerprint density at radius 2 is 2.38 bits per heavy atom. The standard InChI is InChI=1S/C5H10FNO/c6-4-1-2-7-3-5(4)8/h4-5,7-8H,1-3H2/t4-,5+/m1/s1. The highest BCUT2D eigenvalue weighted by Gasteiger charge is 2.20. The number of alkyl halides is 1. The Morgan fingerprint density at radius 3 is 2.75 bits per heavy atom. The maximum atomic E-state index is 12.3. The monoisotopic (exact) mass is 119 g/mol. The van der Waals surface area contributed by atoms with Crippen LogP contribution in [0.5, 0.6) is 0 Å². The molecule has 8 heavy (non-hydrogen) atoms. The predicted molar refractivity (Wildman–Crippen MR) is 28.4 cm³/mol. The lowest BCUT2D eigenvalue weighted by atomic mass is 10.1. The van der Waals surface area contributed by atoms with Crippen LogP contribution in [0.2, 0.25) is 0 Å². The molecule has 0 radical (unpaired) electrons. The predicted octanol–water partition coefficient (Wildman–Crippen LogP) is -0.321. The fraction of sp³-hybridized carbons (Fsp3) is 1.00. The molecule has 0 aliphatic carbocycles. The summed E-state index contributed by atoms with van der Waals surface area (Å²) in [6.07, 6.45) is -1.33. The molecule has 0 bridgehead atoms. The molecule has 2 N–H and O–H groups in total. The van der Waals surface area contributed by atoms with Gasteiger partial charge in [0.1, 0.15) is 6.17 Å². The molecule has 2 nitrogen and oxygen atoms in total. The quantitative estimate of drug-likeness (QED) is 0.458. The third-order valence-corrected chi connectivity index (χ3v) is 1.37. The van der Waals surface area contributed by atoms with Crippen molar-refractivity contribution in [2.75, 3.05) is 13.1 Å². The van der Waals surface area contributed by atoms with E-state index in [2.05, 4.69) is 5.32 Å². The first kappa shape index (κ1) is 5.98. The number of aliphatic hydroxyl groups excluding tert-OH is 1. The zero-order valence-electron chi connectivity index (χ0n) is 4.60. The van der Waals surface area contributed by atoms with Crippen molar-refractivity contribution < 1.29 is 9.50 Å². The number of rotatable bonds is 0. The van der Waals surface area contributed by atoms with Crippen molar-refractivity contribution in [3.63, 3.8) is 0 Å². The summed E-state index contributed by atoms with van der Waals surface area (Å²) >= 11 is 0. The molecular weight excluding hydrogens is 109 g/mol. The first-order valence-corrected chi connectivity index (χ1v) is 2.83. The molecule has 0 aromatic carbocycles. The lowest BCUT2D eigenvalue weighted by Gasteiger charge is -2.21. The summed E-state index contributed by atoms with van der Waals surface area (Å²) in [5, 5.41) is 11.6. The van der Waals surface area contributed by atoms with Gasteiger partial charge in [0.25, 0.3) is 0 Å². The lowest BCUT2D eigenvalue weighted by molar-refractivity contribution is 0.0549. The van der Waals surface area contributed by atoms with Crippen molar-refractivity contribution in [2.45, 2.75) is 18.7 Å². The Balaban J connectivity index is 2.28. The van der Waals surface area contributed by atoms with Gasteiger partial charge in [-0.05, 0) is 13.0 Å². The van der Waals surface area contributed by atoms with Crippen LogP contribution in [0.4, 0.5) is 4.39 Å². The Kier molecular flexibility index (Phi) is 1.81. The van der Waals surface area contributed by atoms with Gasteiger partial charge in [0, 0.05) is 6.54 Å². The molecule has 1 aliphatic rings. The zero-order chi connectivity index (χ0) is 5.98. The highest BCUT2D eigenvalue weighted by molar-refractivity contribution is 4.75. The molecule has 3 heteroatoms. The molecule has 2 atom stereocenters. The van der Waals surface area contributed by atoms with Gasteiger partial charge in [-0.25, -0.2) is 4.39 Å². The van der Waals surface area contributed by atoms with Crippen LogP contribution in [0.1, 0.15) is 6.42 Å². The highest BCUT2D eigenvalue weighted by Crippen LogP contribution is 2.06. The SMILES string of the molecule is O[C@H]1CNCC[C@H]1F. The average Bonchev–Trinajstić information content (AvgIpc) is 1.77. The summed E-state index contributed by atoms with van der Waals surface area (Å²) in [5.74, 6) is 0. The largest absolute Gasteiger partial charge is 0.389 e. The van der Waals surface area contributed by atoms with E-state index in [9.17, 15) is 4.39 Å². The molecular formula is C5H10FNO. The first-order chi connectivity index (χ1) is 3.80. The third kappa shape index (κ3) is 1.17. The molecule has 0 aromatic rings. The van der Waals surface area contributed by atoms with Gasteiger partial charge in [0.05, 0.1) is 6.10 Å². The summed E-state index contributed by atoms with van der Waals surface area (Å²) in [4.78, 5) is 0. The Morgan fingerprint density at radius 1 is 1.62 bits per heavy atom.